The highest BCUT2D eigenvalue weighted by atomic mass is 32.2. The standard InChI is InChI=1S/C16H18N4O3S/c1-4-23-15(21)12-10-11-6-5-7-13(14(11)18-12)20(3)24(22)16-17-8-9-19(16)2/h5-10,18H,4H2,1-3H3. The first-order chi connectivity index (χ1) is 11.5. The minimum absolute atomic E-state index is 0.310. The van der Waals surface area contributed by atoms with Crippen molar-refractivity contribution in [3.63, 3.8) is 0 Å². The van der Waals surface area contributed by atoms with Gasteiger partial charge in [0.15, 0.2) is 0 Å². The van der Waals surface area contributed by atoms with Gasteiger partial charge < -0.3 is 14.3 Å². The van der Waals surface area contributed by atoms with E-state index in [9.17, 15) is 9.35 Å². The molecule has 2 heterocycles. The number of nitrogens with one attached hydrogen (secondary N) is 1. The highest BCUT2D eigenvalue weighted by Gasteiger charge is 2.26. The predicted molar refractivity (Wildman–Crippen MR) is 92.3 cm³/mol. The first kappa shape index (κ1) is 16.4. The number of hydrogen-bond donors (Lipinski definition) is 1. The van der Waals surface area contributed by atoms with E-state index in [1.807, 2.05) is 18.2 Å². The van der Waals surface area contributed by atoms with Gasteiger partial charge in [0.2, 0.25) is 0 Å². The van der Waals surface area contributed by atoms with Crippen LogP contribution in [-0.4, -0.2) is 38.7 Å². The van der Waals surface area contributed by atoms with Gasteiger partial charge in [-0.3, -0.25) is 4.57 Å². The first-order valence-corrected chi connectivity index (χ1v) is 8.55. The number of fused-ring (bicyclic) bond motifs is 1. The molecule has 7 nitrogen and oxygen atoms in total. The largest absolute Gasteiger partial charge is 0.585 e. The number of para-hydroxylation sites is 1. The summed E-state index contributed by atoms with van der Waals surface area (Å²) in [6, 6.07) is 7.31. The van der Waals surface area contributed by atoms with Crippen molar-refractivity contribution >= 4 is 33.9 Å². The number of rotatable bonds is 5. The van der Waals surface area contributed by atoms with Crippen molar-refractivity contribution in [2.45, 2.75) is 12.1 Å². The molecule has 2 aromatic heterocycles. The molecule has 0 fully saturated rings. The average molecular weight is 346 g/mol. The molecule has 8 heteroatoms. The van der Waals surface area contributed by atoms with Crippen LogP contribution in [0.3, 0.4) is 0 Å². The molecule has 0 aliphatic heterocycles. The van der Waals surface area contributed by atoms with Gasteiger partial charge in [0, 0.05) is 18.6 Å². The third-order valence-electron chi connectivity index (χ3n) is 3.65. The van der Waals surface area contributed by atoms with Crippen LogP contribution in [0.2, 0.25) is 0 Å². The van der Waals surface area contributed by atoms with E-state index in [0.29, 0.717) is 23.1 Å². The van der Waals surface area contributed by atoms with Crippen LogP contribution in [0.15, 0.2) is 41.8 Å². The Kier molecular flexibility index (Phi) is 4.50. The van der Waals surface area contributed by atoms with Gasteiger partial charge in [-0.15, -0.1) is 0 Å². The van der Waals surface area contributed by atoms with Gasteiger partial charge in [0.1, 0.15) is 22.7 Å². The Morgan fingerprint density at radius 2 is 2.29 bits per heavy atom. The van der Waals surface area contributed by atoms with Crippen molar-refractivity contribution in [3.05, 3.63) is 42.4 Å². The molecule has 1 N–H and O–H groups in total. The van der Waals surface area contributed by atoms with Crippen molar-refractivity contribution in [2.75, 3.05) is 18.0 Å². The van der Waals surface area contributed by atoms with Crippen LogP contribution in [0.25, 0.3) is 10.9 Å². The Balaban J connectivity index is 1.99. The number of nitrogens with zero attached hydrogens (tertiary/aromatic N) is 3. The summed E-state index contributed by atoms with van der Waals surface area (Å²) in [6.45, 7) is 2.07. The van der Waals surface area contributed by atoms with Gasteiger partial charge in [0.05, 0.1) is 25.4 Å². The Bertz CT molecular complexity index is 873. The normalized spacial score (nSPS) is 12.3. The quantitative estimate of drug-likeness (QED) is 0.565. The first-order valence-electron chi connectivity index (χ1n) is 7.44. The summed E-state index contributed by atoms with van der Waals surface area (Å²) in [4.78, 5) is 19.1. The molecule has 1 atom stereocenters. The third kappa shape index (κ3) is 2.85. The number of carbonyl (C=O) groups is 1. The second kappa shape index (κ2) is 6.58. The van der Waals surface area contributed by atoms with Crippen LogP contribution in [0.1, 0.15) is 17.4 Å². The zero-order valence-corrected chi connectivity index (χ0v) is 14.5. The summed E-state index contributed by atoms with van der Waals surface area (Å²) >= 11 is -1.47. The second-order valence-electron chi connectivity index (χ2n) is 5.21. The van der Waals surface area contributed by atoms with Crippen LogP contribution in [0.5, 0.6) is 0 Å². The van der Waals surface area contributed by atoms with Gasteiger partial charge in [0.25, 0.3) is 0 Å². The van der Waals surface area contributed by atoms with E-state index >= 15 is 0 Å². The molecule has 0 aliphatic rings. The maximum Gasteiger partial charge on any atom is 0.354 e. The molecule has 126 valence electrons. The summed E-state index contributed by atoms with van der Waals surface area (Å²) in [7, 11) is 3.52. The number of H-pyrrole nitrogens is 1. The van der Waals surface area contributed by atoms with Gasteiger partial charge in [-0.1, -0.05) is 12.1 Å². The van der Waals surface area contributed by atoms with Crippen LogP contribution in [0.4, 0.5) is 5.69 Å². The van der Waals surface area contributed by atoms with Gasteiger partial charge in [-0.2, -0.15) is 9.29 Å². The lowest BCUT2D eigenvalue weighted by atomic mass is 10.2. The third-order valence-corrected chi connectivity index (χ3v) is 5.05. The highest BCUT2D eigenvalue weighted by molar-refractivity contribution is 7.92. The average Bonchev–Trinajstić information content (AvgIpc) is 3.19. The zero-order chi connectivity index (χ0) is 17.3. The van der Waals surface area contributed by atoms with E-state index in [1.165, 1.54) is 0 Å². The fraction of sp³-hybridized carbons (Fsp3) is 0.250. The van der Waals surface area contributed by atoms with Crippen LogP contribution >= 0.6 is 0 Å². The summed E-state index contributed by atoms with van der Waals surface area (Å²) in [6.07, 6.45) is 3.35. The fourth-order valence-corrected chi connectivity index (χ4v) is 3.49. The number of imidazole rings is 1. The molecule has 0 amide bonds. The highest BCUT2D eigenvalue weighted by Crippen LogP contribution is 2.29. The molecule has 3 aromatic rings. The van der Waals surface area contributed by atoms with Crippen molar-refractivity contribution < 1.29 is 14.1 Å². The van der Waals surface area contributed by atoms with Gasteiger partial charge >= 0.3 is 11.1 Å². The number of hydrogen-bond acceptors (Lipinski definition) is 5. The second-order valence-corrected chi connectivity index (χ2v) is 6.62. The Morgan fingerprint density at radius 3 is 2.96 bits per heavy atom. The molecule has 0 spiro atoms. The van der Waals surface area contributed by atoms with Crippen molar-refractivity contribution in [2.24, 2.45) is 7.05 Å². The number of aromatic nitrogens is 3. The van der Waals surface area contributed by atoms with Crippen molar-refractivity contribution in [3.8, 4) is 0 Å². The maximum absolute atomic E-state index is 12.8. The zero-order valence-electron chi connectivity index (χ0n) is 13.6. The lowest BCUT2D eigenvalue weighted by molar-refractivity contribution is 0.0520. The lowest BCUT2D eigenvalue weighted by Gasteiger charge is -2.21. The Hall–Kier alpha value is -2.45. The maximum atomic E-state index is 12.8. The van der Waals surface area contributed by atoms with Gasteiger partial charge in [-0.05, 0) is 19.1 Å². The number of aromatic amines is 1. The lowest BCUT2D eigenvalue weighted by Crippen LogP contribution is -2.29. The Labute approximate surface area is 142 Å². The van der Waals surface area contributed by atoms with Gasteiger partial charge in [-0.25, -0.2) is 4.79 Å². The summed E-state index contributed by atoms with van der Waals surface area (Å²) in [5.41, 5.74) is 1.81. The summed E-state index contributed by atoms with van der Waals surface area (Å²) < 4.78 is 21.1. The van der Waals surface area contributed by atoms with Crippen LogP contribution in [0, 0.1) is 0 Å². The molecule has 0 aliphatic carbocycles. The molecule has 0 saturated heterocycles. The minimum atomic E-state index is -1.47. The summed E-state index contributed by atoms with van der Waals surface area (Å²) in [5, 5.41) is 1.30. The summed E-state index contributed by atoms with van der Waals surface area (Å²) in [5.74, 6) is -0.410. The number of aryl methyl sites for hydroxylation is 1. The van der Waals surface area contributed by atoms with E-state index < -0.39 is 17.3 Å². The molecule has 0 saturated carbocycles. The number of esters is 1. The van der Waals surface area contributed by atoms with E-state index in [-0.39, 0.29) is 0 Å². The Morgan fingerprint density at radius 1 is 1.50 bits per heavy atom. The smallest absolute Gasteiger partial charge is 0.354 e. The van der Waals surface area contributed by atoms with E-state index in [0.717, 1.165) is 10.9 Å². The SMILES string of the molecule is CCOC(=O)c1cc2cccc(N(C)[S+]([O-])c3nccn3C)c2[nH]1. The predicted octanol–water partition coefficient (Wildman–Crippen LogP) is 2.24. The molecule has 1 unspecified atom stereocenters. The van der Waals surface area contributed by atoms with Crippen LogP contribution in [-0.2, 0) is 23.1 Å². The fourth-order valence-electron chi connectivity index (χ4n) is 2.45. The minimum Gasteiger partial charge on any atom is -0.585 e. The molecular formula is C16H18N4O3S. The van der Waals surface area contributed by atoms with Crippen molar-refractivity contribution in [1.82, 2.24) is 14.5 Å². The molecule has 0 bridgehead atoms. The number of benzene rings is 1. The van der Waals surface area contributed by atoms with Crippen LogP contribution < -0.4 is 4.31 Å². The van der Waals surface area contributed by atoms with E-state index in [1.54, 1.807) is 48.4 Å². The molecular weight excluding hydrogens is 328 g/mol. The topological polar surface area (TPSA) is 86.2 Å². The molecule has 3 rings (SSSR count). The van der Waals surface area contributed by atoms with E-state index in [4.69, 9.17) is 4.74 Å². The molecule has 1 aromatic carbocycles. The number of ether oxygens (including phenoxy) is 1. The molecule has 0 radical (unpaired) electrons. The van der Waals surface area contributed by atoms with Crippen molar-refractivity contribution in [1.29, 1.82) is 0 Å². The van der Waals surface area contributed by atoms with E-state index in [2.05, 4.69) is 9.97 Å². The molecule has 24 heavy (non-hydrogen) atoms. The monoisotopic (exact) mass is 346 g/mol. The number of anilines is 1. The number of carbonyl (C=O) groups excluding carboxylic acids is 1.